The second-order valence-electron chi connectivity index (χ2n) is 4.76. The van der Waals surface area contributed by atoms with Crippen LogP contribution in [0.2, 0.25) is 0 Å². The molecule has 0 radical (unpaired) electrons. The predicted octanol–water partition coefficient (Wildman–Crippen LogP) is 2.18. The maximum atomic E-state index is 11.8. The van der Waals surface area contributed by atoms with Gasteiger partial charge in [0.25, 0.3) is 0 Å². The maximum Gasteiger partial charge on any atom is 0.223 e. The molecule has 0 aromatic carbocycles. The van der Waals surface area contributed by atoms with E-state index in [2.05, 4.69) is 5.32 Å². The molecule has 1 fully saturated rings. The summed E-state index contributed by atoms with van der Waals surface area (Å²) in [5.41, 5.74) is 0. The standard InChI is InChI=1S/C11H19Cl3N2O2/c1-8(2)7-9(17)15-10(11(12,13)14)16-3-5-18-6-4-16/h8,10H,3-7H2,1-2H3,(H,15,17)/t10-/m0/s1. The van der Waals surface area contributed by atoms with Gasteiger partial charge in [-0.3, -0.25) is 9.69 Å². The molecule has 0 saturated carbocycles. The van der Waals surface area contributed by atoms with Crippen LogP contribution in [0, 0.1) is 5.92 Å². The van der Waals surface area contributed by atoms with Crippen molar-refractivity contribution in [3.63, 3.8) is 0 Å². The smallest absolute Gasteiger partial charge is 0.223 e. The van der Waals surface area contributed by atoms with Gasteiger partial charge in [-0.05, 0) is 5.92 Å². The van der Waals surface area contributed by atoms with Gasteiger partial charge in [-0.1, -0.05) is 48.7 Å². The van der Waals surface area contributed by atoms with Gasteiger partial charge >= 0.3 is 0 Å². The van der Waals surface area contributed by atoms with E-state index in [1.165, 1.54) is 0 Å². The van der Waals surface area contributed by atoms with Crippen molar-refractivity contribution in [1.29, 1.82) is 0 Å². The van der Waals surface area contributed by atoms with Crippen LogP contribution in [0.1, 0.15) is 20.3 Å². The van der Waals surface area contributed by atoms with Gasteiger partial charge in [0.2, 0.25) is 9.70 Å². The zero-order valence-corrected chi connectivity index (χ0v) is 12.9. The maximum absolute atomic E-state index is 11.8. The molecule has 4 nitrogen and oxygen atoms in total. The highest BCUT2D eigenvalue weighted by Crippen LogP contribution is 2.32. The lowest BCUT2D eigenvalue weighted by Gasteiger charge is -2.38. The highest BCUT2D eigenvalue weighted by Gasteiger charge is 2.38. The molecule has 0 spiro atoms. The Hall–Kier alpha value is 0.260. The Labute approximate surface area is 123 Å². The van der Waals surface area contributed by atoms with Crippen LogP contribution >= 0.6 is 34.8 Å². The Bertz CT molecular complexity index is 276. The number of alkyl halides is 3. The monoisotopic (exact) mass is 316 g/mol. The van der Waals surface area contributed by atoms with Crippen molar-refractivity contribution < 1.29 is 9.53 Å². The summed E-state index contributed by atoms with van der Waals surface area (Å²) in [5.74, 6) is 0.165. The molecule has 1 rings (SSSR count). The molecule has 7 heteroatoms. The second-order valence-corrected chi connectivity index (χ2v) is 7.13. The molecular weight excluding hydrogens is 298 g/mol. The number of carbonyl (C=O) groups is 1. The number of ether oxygens (including phenoxy) is 1. The van der Waals surface area contributed by atoms with Gasteiger partial charge in [0.05, 0.1) is 13.2 Å². The van der Waals surface area contributed by atoms with Crippen molar-refractivity contribution >= 4 is 40.7 Å². The molecule has 1 atom stereocenters. The first-order chi connectivity index (χ1) is 8.30. The number of nitrogens with zero attached hydrogens (tertiary/aromatic N) is 1. The molecule has 106 valence electrons. The van der Waals surface area contributed by atoms with E-state index in [0.29, 0.717) is 32.7 Å². The fourth-order valence-corrected chi connectivity index (χ4v) is 2.38. The third kappa shape index (κ3) is 5.49. The summed E-state index contributed by atoms with van der Waals surface area (Å²) in [6.45, 7) is 6.38. The van der Waals surface area contributed by atoms with Gasteiger partial charge in [-0.25, -0.2) is 0 Å². The predicted molar refractivity (Wildman–Crippen MR) is 74.1 cm³/mol. The van der Waals surface area contributed by atoms with E-state index >= 15 is 0 Å². The van der Waals surface area contributed by atoms with E-state index in [4.69, 9.17) is 39.5 Å². The van der Waals surface area contributed by atoms with E-state index < -0.39 is 9.96 Å². The molecule has 0 aromatic heterocycles. The van der Waals surface area contributed by atoms with Gasteiger partial charge in [-0.2, -0.15) is 0 Å². The van der Waals surface area contributed by atoms with Gasteiger partial charge in [-0.15, -0.1) is 0 Å². The summed E-state index contributed by atoms with van der Waals surface area (Å²) in [6.07, 6.45) is -0.195. The van der Waals surface area contributed by atoms with Crippen LogP contribution in [-0.2, 0) is 9.53 Å². The molecule has 1 saturated heterocycles. The summed E-state index contributed by atoms with van der Waals surface area (Å²) in [5, 5.41) is 2.79. The number of rotatable bonds is 4. The van der Waals surface area contributed by atoms with E-state index in [-0.39, 0.29) is 11.8 Å². The zero-order chi connectivity index (χ0) is 13.8. The van der Waals surface area contributed by atoms with Crippen molar-refractivity contribution in [3.8, 4) is 0 Å². The molecule has 1 heterocycles. The number of hydrogen-bond acceptors (Lipinski definition) is 3. The number of amides is 1. The topological polar surface area (TPSA) is 41.6 Å². The highest BCUT2D eigenvalue weighted by atomic mass is 35.6. The summed E-state index contributed by atoms with van der Waals surface area (Å²) < 4.78 is 3.70. The van der Waals surface area contributed by atoms with Crippen molar-refractivity contribution in [1.82, 2.24) is 10.2 Å². The zero-order valence-electron chi connectivity index (χ0n) is 10.6. The third-order valence-corrected chi connectivity index (χ3v) is 3.23. The Morgan fingerprint density at radius 2 is 1.89 bits per heavy atom. The summed E-state index contributed by atoms with van der Waals surface area (Å²) in [6, 6.07) is 0. The lowest BCUT2D eigenvalue weighted by molar-refractivity contribution is -0.124. The highest BCUT2D eigenvalue weighted by molar-refractivity contribution is 6.68. The lowest BCUT2D eigenvalue weighted by atomic mass is 10.1. The molecule has 0 aliphatic carbocycles. The molecule has 1 aliphatic heterocycles. The average Bonchev–Trinajstić information content (AvgIpc) is 2.24. The van der Waals surface area contributed by atoms with E-state index in [0.717, 1.165) is 0 Å². The lowest BCUT2D eigenvalue weighted by Crippen LogP contribution is -2.58. The third-order valence-electron chi connectivity index (χ3n) is 2.61. The Kier molecular flexibility index (Phi) is 6.48. The van der Waals surface area contributed by atoms with Crippen LogP contribution in [0.5, 0.6) is 0 Å². The van der Waals surface area contributed by atoms with Crippen LogP contribution in [0.4, 0.5) is 0 Å². The van der Waals surface area contributed by atoms with Crippen molar-refractivity contribution in [2.45, 2.75) is 30.2 Å². The van der Waals surface area contributed by atoms with Crippen LogP contribution in [-0.4, -0.2) is 47.1 Å². The molecule has 1 aliphatic rings. The number of hydrogen-bond donors (Lipinski definition) is 1. The van der Waals surface area contributed by atoms with Crippen LogP contribution < -0.4 is 5.32 Å². The van der Waals surface area contributed by atoms with Crippen molar-refractivity contribution in [3.05, 3.63) is 0 Å². The number of morpholine rings is 1. The first kappa shape index (κ1) is 16.3. The molecule has 0 unspecified atom stereocenters. The molecule has 1 amide bonds. The quantitative estimate of drug-likeness (QED) is 0.808. The van der Waals surface area contributed by atoms with Gasteiger partial charge in [0, 0.05) is 19.5 Å². The number of nitrogens with one attached hydrogen (secondary N) is 1. The molecule has 0 aromatic rings. The largest absolute Gasteiger partial charge is 0.379 e. The van der Waals surface area contributed by atoms with Crippen LogP contribution in [0.15, 0.2) is 0 Å². The average molecular weight is 318 g/mol. The Morgan fingerprint density at radius 3 is 2.33 bits per heavy atom. The van der Waals surface area contributed by atoms with Crippen LogP contribution in [0.3, 0.4) is 0 Å². The second kappa shape index (κ2) is 7.15. The summed E-state index contributed by atoms with van der Waals surface area (Å²) >= 11 is 17.8. The van der Waals surface area contributed by atoms with Gasteiger partial charge in [0.1, 0.15) is 6.17 Å². The van der Waals surface area contributed by atoms with Crippen molar-refractivity contribution in [2.24, 2.45) is 5.92 Å². The molecule has 0 bridgehead atoms. The Balaban J connectivity index is 2.63. The van der Waals surface area contributed by atoms with E-state index in [1.807, 2.05) is 18.7 Å². The minimum atomic E-state index is -1.55. The minimum Gasteiger partial charge on any atom is -0.379 e. The Morgan fingerprint density at radius 1 is 1.33 bits per heavy atom. The molecular formula is C11H19Cl3N2O2. The minimum absolute atomic E-state index is 0.104. The van der Waals surface area contributed by atoms with Crippen LogP contribution in [0.25, 0.3) is 0 Å². The fraction of sp³-hybridized carbons (Fsp3) is 0.909. The first-order valence-corrected chi connectivity index (χ1v) is 7.12. The number of halogens is 3. The molecule has 18 heavy (non-hydrogen) atoms. The number of carbonyl (C=O) groups excluding carboxylic acids is 1. The van der Waals surface area contributed by atoms with E-state index in [1.54, 1.807) is 0 Å². The van der Waals surface area contributed by atoms with Gasteiger partial charge in [0.15, 0.2) is 0 Å². The first-order valence-electron chi connectivity index (χ1n) is 5.98. The summed E-state index contributed by atoms with van der Waals surface area (Å²) in [4.78, 5) is 13.7. The van der Waals surface area contributed by atoms with Crippen molar-refractivity contribution in [2.75, 3.05) is 26.3 Å². The summed E-state index contributed by atoms with van der Waals surface area (Å²) in [7, 11) is 0. The van der Waals surface area contributed by atoms with Gasteiger partial charge < -0.3 is 10.1 Å². The fourth-order valence-electron chi connectivity index (χ4n) is 1.80. The van der Waals surface area contributed by atoms with E-state index in [9.17, 15) is 4.79 Å². The molecule has 1 N–H and O–H groups in total. The SMILES string of the molecule is CC(C)CC(=O)N[C@@H](N1CCOCC1)C(Cl)(Cl)Cl. The normalized spacial score (nSPS) is 19.9.